The van der Waals surface area contributed by atoms with Crippen molar-refractivity contribution in [3.05, 3.63) is 71.8 Å². The number of carbonyl (C=O) groups is 2. The van der Waals surface area contributed by atoms with E-state index < -0.39 is 18.1 Å². The third kappa shape index (κ3) is 5.82. The van der Waals surface area contributed by atoms with Crippen LogP contribution in [-0.4, -0.2) is 29.8 Å². The molecule has 2 N–H and O–H groups in total. The SMILES string of the molecule is O=C(N[C@@H](Cc1ccccc1)C(=O)O)OCCc1ccccc1. The first-order valence-electron chi connectivity index (χ1n) is 7.39. The van der Waals surface area contributed by atoms with Crippen LogP contribution in [0.1, 0.15) is 11.1 Å². The van der Waals surface area contributed by atoms with Gasteiger partial charge in [0.05, 0.1) is 6.61 Å². The molecule has 2 aromatic carbocycles. The van der Waals surface area contributed by atoms with E-state index in [-0.39, 0.29) is 13.0 Å². The van der Waals surface area contributed by atoms with Crippen molar-refractivity contribution in [2.24, 2.45) is 0 Å². The van der Waals surface area contributed by atoms with Crippen molar-refractivity contribution in [3.8, 4) is 0 Å². The molecule has 23 heavy (non-hydrogen) atoms. The third-order valence-corrected chi connectivity index (χ3v) is 3.34. The Morgan fingerprint density at radius 3 is 2.09 bits per heavy atom. The van der Waals surface area contributed by atoms with Gasteiger partial charge in [0, 0.05) is 12.8 Å². The minimum Gasteiger partial charge on any atom is -0.480 e. The highest BCUT2D eigenvalue weighted by molar-refractivity contribution is 5.80. The van der Waals surface area contributed by atoms with Crippen LogP contribution in [0, 0.1) is 0 Å². The first kappa shape index (κ1) is 16.5. The Morgan fingerprint density at radius 1 is 0.957 bits per heavy atom. The average molecular weight is 313 g/mol. The molecule has 1 amide bonds. The van der Waals surface area contributed by atoms with Crippen molar-refractivity contribution in [1.82, 2.24) is 5.32 Å². The smallest absolute Gasteiger partial charge is 0.407 e. The van der Waals surface area contributed by atoms with Crippen LogP contribution >= 0.6 is 0 Å². The summed E-state index contributed by atoms with van der Waals surface area (Å²) in [5.41, 5.74) is 1.89. The summed E-state index contributed by atoms with van der Waals surface area (Å²) in [5.74, 6) is -1.09. The molecule has 0 radical (unpaired) electrons. The van der Waals surface area contributed by atoms with E-state index in [1.165, 1.54) is 0 Å². The average Bonchev–Trinajstić information content (AvgIpc) is 2.56. The molecule has 0 aliphatic carbocycles. The van der Waals surface area contributed by atoms with Crippen LogP contribution < -0.4 is 5.32 Å². The lowest BCUT2D eigenvalue weighted by atomic mass is 10.1. The minimum atomic E-state index is -1.09. The molecular formula is C18H19NO4. The highest BCUT2D eigenvalue weighted by atomic mass is 16.5. The molecule has 2 aromatic rings. The standard InChI is InChI=1S/C18H19NO4/c20-17(21)16(13-15-9-5-2-6-10-15)19-18(22)23-12-11-14-7-3-1-4-8-14/h1-10,16H,11-13H2,(H,19,22)(H,20,21)/t16-/m0/s1. The number of hydrogen-bond acceptors (Lipinski definition) is 3. The number of amides is 1. The lowest BCUT2D eigenvalue weighted by Gasteiger charge is -2.14. The summed E-state index contributed by atoms with van der Waals surface area (Å²) >= 11 is 0. The van der Waals surface area contributed by atoms with E-state index in [2.05, 4.69) is 5.32 Å². The number of carboxylic acid groups (broad SMARTS) is 1. The maximum Gasteiger partial charge on any atom is 0.407 e. The van der Waals surface area contributed by atoms with E-state index in [0.29, 0.717) is 6.42 Å². The van der Waals surface area contributed by atoms with Crippen molar-refractivity contribution < 1.29 is 19.4 Å². The maximum atomic E-state index is 11.7. The van der Waals surface area contributed by atoms with Crippen LogP contribution in [0.4, 0.5) is 4.79 Å². The summed E-state index contributed by atoms with van der Waals surface area (Å²) in [4.78, 5) is 23.0. The Labute approximate surface area is 134 Å². The summed E-state index contributed by atoms with van der Waals surface area (Å²) in [6.45, 7) is 0.202. The number of hydrogen-bond donors (Lipinski definition) is 2. The second-order valence-electron chi connectivity index (χ2n) is 5.10. The van der Waals surface area contributed by atoms with E-state index in [1.807, 2.05) is 60.7 Å². The second-order valence-corrected chi connectivity index (χ2v) is 5.10. The van der Waals surface area contributed by atoms with Crippen molar-refractivity contribution in [3.63, 3.8) is 0 Å². The number of alkyl carbamates (subject to hydrolysis) is 1. The lowest BCUT2D eigenvalue weighted by molar-refractivity contribution is -0.139. The molecule has 5 heteroatoms. The van der Waals surface area contributed by atoms with Gasteiger partial charge in [0.1, 0.15) is 6.04 Å². The van der Waals surface area contributed by atoms with Crippen molar-refractivity contribution in [2.75, 3.05) is 6.61 Å². The number of rotatable bonds is 7. The predicted octanol–water partition coefficient (Wildman–Crippen LogP) is 2.65. The van der Waals surface area contributed by atoms with Crippen molar-refractivity contribution >= 4 is 12.1 Å². The molecule has 0 aliphatic heterocycles. The fourth-order valence-corrected chi connectivity index (χ4v) is 2.14. The Morgan fingerprint density at radius 2 is 1.52 bits per heavy atom. The second kappa shape index (κ2) is 8.58. The molecule has 120 valence electrons. The molecule has 1 atom stereocenters. The number of carbonyl (C=O) groups excluding carboxylic acids is 1. The fraction of sp³-hybridized carbons (Fsp3) is 0.222. The van der Waals surface area contributed by atoms with Gasteiger partial charge in [0.2, 0.25) is 0 Å². The number of ether oxygens (including phenoxy) is 1. The maximum absolute atomic E-state index is 11.7. The van der Waals surface area contributed by atoms with E-state index in [0.717, 1.165) is 11.1 Å². The Kier molecular flexibility index (Phi) is 6.17. The van der Waals surface area contributed by atoms with E-state index in [9.17, 15) is 14.7 Å². The van der Waals surface area contributed by atoms with Crippen LogP contribution in [-0.2, 0) is 22.4 Å². The van der Waals surface area contributed by atoms with Gasteiger partial charge in [-0.3, -0.25) is 0 Å². The van der Waals surface area contributed by atoms with Crippen LogP contribution in [0.2, 0.25) is 0 Å². The summed E-state index contributed by atoms with van der Waals surface area (Å²) < 4.78 is 5.05. The van der Waals surface area contributed by atoms with Gasteiger partial charge in [-0.1, -0.05) is 60.7 Å². The Hall–Kier alpha value is -2.82. The van der Waals surface area contributed by atoms with Gasteiger partial charge >= 0.3 is 12.1 Å². The summed E-state index contributed by atoms with van der Waals surface area (Å²) in [6.07, 6.45) is 0.0820. The zero-order valence-corrected chi connectivity index (χ0v) is 12.6. The summed E-state index contributed by atoms with van der Waals surface area (Å²) in [7, 11) is 0. The summed E-state index contributed by atoms with van der Waals surface area (Å²) in [5, 5.41) is 11.6. The number of aliphatic carboxylic acids is 1. The molecule has 0 bridgehead atoms. The van der Waals surface area contributed by atoms with Gasteiger partial charge in [0.25, 0.3) is 0 Å². The van der Waals surface area contributed by atoms with E-state index in [1.54, 1.807) is 0 Å². The highest BCUT2D eigenvalue weighted by Crippen LogP contribution is 2.04. The van der Waals surface area contributed by atoms with Gasteiger partial charge < -0.3 is 15.2 Å². The molecule has 0 aliphatic rings. The normalized spacial score (nSPS) is 11.5. The molecule has 0 unspecified atom stereocenters. The zero-order chi connectivity index (χ0) is 16.5. The van der Waals surface area contributed by atoms with Crippen LogP contribution in [0.15, 0.2) is 60.7 Å². The molecule has 0 fully saturated rings. The van der Waals surface area contributed by atoms with Gasteiger partial charge in [-0.2, -0.15) is 0 Å². The number of nitrogens with one attached hydrogen (secondary N) is 1. The van der Waals surface area contributed by atoms with Gasteiger partial charge in [-0.25, -0.2) is 9.59 Å². The van der Waals surface area contributed by atoms with E-state index in [4.69, 9.17) is 4.74 Å². The largest absolute Gasteiger partial charge is 0.480 e. The van der Waals surface area contributed by atoms with Gasteiger partial charge in [0.15, 0.2) is 0 Å². The van der Waals surface area contributed by atoms with Crippen LogP contribution in [0.25, 0.3) is 0 Å². The molecule has 0 spiro atoms. The Bertz CT molecular complexity index is 628. The first-order valence-corrected chi connectivity index (χ1v) is 7.39. The molecule has 0 saturated heterocycles. The highest BCUT2D eigenvalue weighted by Gasteiger charge is 2.20. The molecule has 0 saturated carbocycles. The van der Waals surface area contributed by atoms with Crippen molar-refractivity contribution in [2.45, 2.75) is 18.9 Å². The fourth-order valence-electron chi connectivity index (χ4n) is 2.14. The van der Waals surface area contributed by atoms with E-state index >= 15 is 0 Å². The van der Waals surface area contributed by atoms with Gasteiger partial charge in [-0.15, -0.1) is 0 Å². The third-order valence-electron chi connectivity index (χ3n) is 3.34. The topological polar surface area (TPSA) is 75.6 Å². The lowest BCUT2D eigenvalue weighted by Crippen LogP contribution is -2.42. The molecular weight excluding hydrogens is 294 g/mol. The number of carboxylic acids is 1. The van der Waals surface area contributed by atoms with Crippen molar-refractivity contribution in [1.29, 1.82) is 0 Å². The molecule has 5 nitrogen and oxygen atoms in total. The van der Waals surface area contributed by atoms with Crippen LogP contribution in [0.3, 0.4) is 0 Å². The van der Waals surface area contributed by atoms with Crippen LogP contribution in [0.5, 0.6) is 0 Å². The predicted molar refractivity (Wildman–Crippen MR) is 86.2 cm³/mol. The monoisotopic (exact) mass is 313 g/mol. The Balaban J connectivity index is 1.80. The number of benzene rings is 2. The zero-order valence-electron chi connectivity index (χ0n) is 12.6. The first-order chi connectivity index (χ1) is 11.1. The molecule has 0 heterocycles. The van der Waals surface area contributed by atoms with Gasteiger partial charge in [-0.05, 0) is 11.1 Å². The summed E-state index contributed by atoms with van der Waals surface area (Å²) in [6, 6.07) is 17.7. The quantitative estimate of drug-likeness (QED) is 0.824. The minimum absolute atomic E-state index is 0.202. The molecule has 0 aromatic heterocycles. The molecule has 2 rings (SSSR count).